The molecule has 1 N–H and O–H groups in total. The van der Waals surface area contributed by atoms with E-state index in [9.17, 15) is 5.02 Å². The van der Waals surface area contributed by atoms with Crippen molar-refractivity contribution in [1.29, 1.82) is 0 Å². The van der Waals surface area contributed by atoms with Gasteiger partial charge in [-0.3, -0.25) is 0 Å². The van der Waals surface area contributed by atoms with Crippen LogP contribution in [0, 0.1) is 0 Å². The first kappa shape index (κ1) is 17.7. The molecule has 1 aromatic rings. The number of hydrogen-bond acceptors (Lipinski definition) is 3. The molecule has 0 saturated heterocycles. The summed E-state index contributed by atoms with van der Waals surface area (Å²) in [5, 5.41) is 11.7. The fourth-order valence-electron chi connectivity index (χ4n) is 2.30. The number of hydrogen-bond donors (Lipinski definition) is 1. The molecule has 0 spiro atoms. The lowest BCUT2D eigenvalue weighted by molar-refractivity contribution is 0.262. The second-order valence-corrected chi connectivity index (χ2v) is 6.40. The zero-order chi connectivity index (χ0) is 14.5. The quantitative estimate of drug-likeness (QED) is 0.432. The van der Waals surface area contributed by atoms with E-state index in [4.69, 9.17) is 4.65 Å². The molecule has 0 aliphatic carbocycles. The van der Waals surface area contributed by atoms with Gasteiger partial charge in [-0.05, 0) is 11.8 Å². The van der Waals surface area contributed by atoms with E-state index < -0.39 is 7.12 Å². The minimum absolute atomic E-state index is 0.662. The number of thiophene rings is 1. The van der Waals surface area contributed by atoms with Gasteiger partial charge in [0.1, 0.15) is 0 Å². The lowest BCUT2D eigenvalue weighted by Crippen LogP contribution is -2.31. The smallest absolute Gasteiger partial charge is 0.423 e. The van der Waals surface area contributed by atoms with Crippen LogP contribution in [0.4, 0.5) is 0 Å². The van der Waals surface area contributed by atoms with E-state index in [1.165, 1.54) is 69.1 Å². The van der Waals surface area contributed by atoms with Crippen molar-refractivity contribution >= 4 is 23.2 Å². The van der Waals surface area contributed by atoms with Crippen LogP contribution >= 0.6 is 11.3 Å². The Labute approximate surface area is 128 Å². The van der Waals surface area contributed by atoms with Gasteiger partial charge in [0.2, 0.25) is 0 Å². The average Bonchev–Trinajstić information content (AvgIpc) is 2.99. The van der Waals surface area contributed by atoms with Gasteiger partial charge in [0.25, 0.3) is 0 Å². The fraction of sp³-hybridized carbons (Fsp3) is 0.750. The van der Waals surface area contributed by atoms with E-state index >= 15 is 0 Å². The van der Waals surface area contributed by atoms with Gasteiger partial charge in [-0.25, -0.2) is 0 Å². The molecular formula is C16H29BO2S. The van der Waals surface area contributed by atoms with Gasteiger partial charge in [-0.15, -0.1) is 0 Å². The minimum Gasteiger partial charge on any atom is -0.423 e. The van der Waals surface area contributed by atoms with Crippen LogP contribution in [0.1, 0.15) is 71.1 Å². The SMILES string of the molecule is CCCCCCCCCCCCOB(O)c1cccs1. The molecule has 0 radical (unpaired) electrons. The molecular weight excluding hydrogens is 267 g/mol. The summed E-state index contributed by atoms with van der Waals surface area (Å²) in [6, 6.07) is 3.85. The van der Waals surface area contributed by atoms with Gasteiger partial charge in [0.05, 0.1) is 0 Å². The van der Waals surface area contributed by atoms with Gasteiger partial charge < -0.3 is 9.68 Å². The highest BCUT2D eigenvalue weighted by molar-refractivity contribution is 7.20. The molecule has 1 rings (SSSR count). The maximum atomic E-state index is 9.74. The third-order valence-corrected chi connectivity index (χ3v) is 4.46. The zero-order valence-corrected chi connectivity index (χ0v) is 13.7. The van der Waals surface area contributed by atoms with E-state index in [-0.39, 0.29) is 0 Å². The molecule has 0 aliphatic heterocycles. The van der Waals surface area contributed by atoms with Crippen LogP contribution in [-0.4, -0.2) is 18.7 Å². The molecule has 0 fully saturated rings. The van der Waals surface area contributed by atoms with Crippen molar-refractivity contribution in [3.05, 3.63) is 17.5 Å². The molecule has 0 unspecified atom stereocenters. The van der Waals surface area contributed by atoms with Gasteiger partial charge in [0.15, 0.2) is 0 Å². The zero-order valence-electron chi connectivity index (χ0n) is 12.9. The molecule has 0 aromatic carbocycles. The van der Waals surface area contributed by atoms with Crippen molar-refractivity contribution in [3.63, 3.8) is 0 Å². The lowest BCUT2D eigenvalue weighted by atomic mass is 9.88. The highest BCUT2D eigenvalue weighted by Crippen LogP contribution is 2.10. The van der Waals surface area contributed by atoms with Crippen LogP contribution in [0.5, 0.6) is 0 Å². The Balaban J connectivity index is 1.81. The number of rotatable bonds is 13. The largest absolute Gasteiger partial charge is 0.501 e. The van der Waals surface area contributed by atoms with Crippen LogP contribution in [0.2, 0.25) is 0 Å². The summed E-state index contributed by atoms with van der Waals surface area (Å²) in [6.45, 7) is 2.92. The van der Waals surface area contributed by atoms with Crippen LogP contribution in [0.3, 0.4) is 0 Å². The summed E-state index contributed by atoms with van der Waals surface area (Å²) >= 11 is 1.54. The van der Waals surface area contributed by atoms with E-state index in [1.54, 1.807) is 0 Å². The van der Waals surface area contributed by atoms with Crippen molar-refractivity contribution in [3.8, 4) is 0 Å². The maximum Gasteiger partial charge on any atom is 0.501 e. The van der Waals surface area contributed by atoms with Crippen molar-refractivity contribution < 1.29 is 9.68 Å². The molecule has 0 amide bonds. The summed E-state index contributed by atoms with van der Waals surface area (Å²) in [5.74, 6) is 0. The summed E-state index contributed by atoms with van der Waals surface area (Å²) < 4.78 is 6.32. The van der Waals surface area contributed by atoms with Crippen molar-refractivity contribution in [2.75, 3.05) is 6.61 Å². The van der Waals surface area contributed by atoms with E-state index in [0.717, 1.165) is 11.2 Å². The molecule has 114 valence electrons. The van der Waals surface area contributed by atoms with Gasteiger partial charge in [-0.2, -0.15) is 11.3 Å². The molecule has 0 bridgehead atoms. The Hall–Kier alpha value is -0.315. The Bertz CT molecular complexity index is 303. The van der Waals surface area contributed by atoms with Crippen LogP contribution in [-0.2, 0) is 4.65 Å². The summed E-state index contributed by atoms with van der Waals surface area (Å²) in [5.41, 5.74) is 0. The second-order valence-electron chi connectivity index (χ2n) is 5.42. The Morgan fingerprint density at radius 2 is 1.60 bits per heavy atom. The van der Waals surface area contributed by atoms with E-state index in [0.29, 0.717) is 6.61 Å². The molecule has 0 aliphatic rings. The van der Waals surface area contributed by atoms with E-state index in [2.05, 4.69) is 6.92 Å². The Morgan fingerprint density at radius 3 is 2.15 bits per heavy atom. The predicted octanol–water partition coefficient (Wildman–Crippen LogP) is 4.37. The van der Waals surface area contributed by atoms with Crippen LogP contribution in [0.25, 0.3) is 0 Å². The van der Waals surface area contributed by atoms with Gasteiger partial charge in [0, 0.05) is 11.4 Å². The summed E-state index contributed by atoms with van der Waals surface area (Å²) in [6.07, 6.45) is 13.2. The summed E-state index contributed by atoms with van der Waals surface area (Å²) in [7, 11) is -0.728. The number of unbranched alkanes of at least 4 members (excludes halogenated alkanes) is 9. The molecule has 1 aromatic heterocycles. The maximum absolute atomic E-state index is 9.74. The first-order valence-corrected chi connectivity index (χ1v) is 9.05. The molecule has 4 heteroatoms. The Kier molecular flexibility index (Phi) is 11.0. The topological polar surface area (TPSA) is 29.5 Å². The van der Waals surface area contributed by atoms with Crippen LogP contribution < -0.4 is 4.78 Å². The summed E-state index contributed by atoms with van der Waals surface area (Å²) in [4.78, 5) is 0. The molecule has 0 saturated carbocycles. The van der Waals surface area contributed by atoms with Crippen molar-refractivity contribution in [2.45, 2.75) is 71.1 Å². The standard InChI is InChI=1S/C16H29BO2S/c1-2-3-4-5-6-7-8-9-10-11-14-19-17(18)16-13-12-15-20-16/h12-13,15,18H,2-11,14H2,1H3. The Morgan fingerprint density at radius 1 is 1.00 bits per heavy atom. The molecule has 0 atom stereocenters. The first-order valence-electron chi connectivity index (χ1n) is 8.17. The third-order valence-electron chi connectivity index (χ3n) is 3.56. The van der Waals surface area contributed by atoms with Crippen molar-refractivity contribution in [1.82, 2.24) is 0 Å². The van der Waals surface area contributed by atoms with Crippen molar-refractivity contribution in [2.24, 2.45) is 0 Å². The lowest BCUT2D eigenvalue weighted by Gasteiger charge is -2.06. The average molecular weight is 296 g/mol. The monoisotopic (exact) mass is 296 g/mol. The highest BCUT2D eigenvalue weighted by Gasteiger charge is 2.16. The van der Waals surface area contributed by atoms with E-state index in [1.807, 2.05) is 17.5 Å². The first-order chi connectivity index (χ1) is 9.84. The minimum atomic E-state index is -0.728. The predicted molar refractivity (Wildman–Crippen MR) is 89.7 cm³/mol. The van der Waals surface area contributed by atoms with Crippen LogP contribution in [0.15, 0.2) is 17.5 Å². The van der Waals surface area contributed by atoms with Gasteiger partial charge >= 0.3 is 7.12 Å². The molecule has 1 heterocycles. The third kappa shape index (κ3) is 8.78. The second kappa shape index (κ2) is 12.4. The molecule has 20 heavy (non-hydrogen) atoms. The van der Waals surface area contributed by atoms with Gasteiger partial charge in [-0.1, -0.05) is 76.8 Å². The molecule has 2 nitrogen and oxygen atoms in total. The fourth-order valence-corrected chi connectivity index (χ4v) is 2.95. The highest BCUT2D eigenvalue weighted by atomic mass is 32.1. The normalized spacial score (nSPS) is 10.9.